The molecule has 9 nitrogen and oxygen atoms in total. The van der Waals surface area contributed by atoms with Gasteiger partial charge in [0.2, 0.25) is 0 Å². The highest BCUT2D eigenvalue weighted by atomic mass is 35.5. The Labute approximate surface area is 220 Å². The molecule has 1 aliphatic carbocycles. The van der Waals surface area contributed by atoms with Crippen LogP contribution in [0, 0.1) is 13.8 Å². The molecule has 5 heterocycles. The van der Waals surface area contributed by atoms with Gasteiger partial charge in [0.25, 0.3) is 0 Å². The lowest BCUT2D eigenvalue weighted by molar-refractivity contribution is 0.0782. The molecule has 0 amide bonds. The topological polar surface area (TPSA) is 88.0 Å². The van der Waals surface area contributed by atoms with Crippen LogP contribution in [-0.4, -0.2) is 62.8 Å². The lowest BCUT2D eigenvalue weighted by Gasteiger charge is -2.41. The van der Waals surface area contributed by atoms with E-state index in [1.165, 1.54) is 18.4 Å². The van der Waals surface area contributed by atoms with E-state index in [9.17, 15) is 0 Å². The summed E-state index contributed by atoms with van der Waals surface area (Å²) in [4.78, 5) is 15.1. The molecule has 0 radical (unpaired) electrons. The molecule has 0 unspecified atom stereocenters. The molecule has 0 spiro atoms. The van der Waals surface area contributed by atoms with Crippen LogP contribution in [0.25, 0.3) is 22.3 Å². The molecule has 4 aromatic rings. The van der Waals surface area contributed by atoms with Crippen LogP contribution in [0.5, 0.6) is 0 Å². The van der Waals surface area contributed by atoms with Crippen molar-refractivity contribution in [3.8, 4) is 11.4 Å². The maximum atomic E-state index is 6.89. The van der Waals surface area contributed by atoms with Gasteiger partial charge in [-0.2, -0.15) is 10.2 Å². The van der Waals surface area contributed by atoms with Crippen molar-refractivity contribution in [2.75, 3.05) is 36.5 Å². The normalized spacial score (nSPS) is 18.0. The highest BCUT2D eigenvalue weighted by Gasteiger charge is 2.36. The number of halogens is 1. The first-order valence-corrected chi connectivity index (χ1v) is 13.4. The SMILES string of the molecule is COC1CN(c2nc(-c3c(C)ccc4n[nH]c(C)c34)nc3c2CN(c2c(Cl)c(C4CC4)nn2C)CC3)C1. The van der Waals surface area contributed by atoms with E-state index in [2.05, 4.69) is 46.0 Å². The van der Waals surface area contributed by atoms with Gasteiger partial charge in [-0.25, -0.2) is 9.97 Å². The van der Waals surface area contributed by atoms with E-state index in [1.807, 2.05) is 11.7 Å². The van der Waals surface area contributed by atoms with Gasteiger partial charge in [-0.15, -0.1) is 0 Å². The van der Waals surface area contributed by atoms with E-state index in [-0.39, 0.29) is 6.10 Å². The van der Waals surface area contributed by atoms with Gasteiger partial charge in [0.1, 0.15) is 16.7 Å². The van der Waals surface area contributed by atoms with Gasteiger partial charge < -0.3 is 14.5 Å². The minimum absolute atomic E-state index is 0.225. The van der Waals surface area contributed by atoms with Gasteiger partial charge in [0, 0.05) is 74.9 Å². The number of rotatable bonds is 5. The Morgan fingerprint density at radius 1 is 1.11 bits per heavy atom. The molecule has 1 saturated carbocycles. The summed E-state index contributed by atoms with van der Waals surface area (Å²) in [5, 5.41) is 14.3. The highest BCUT2D eigenvalue weighted by molar-refractivity contribution is 6.33. The Morgan fingerprint density at radius 2 is 1.92 bits per heavy atom. The van der Waals surface area contributed by atoms with Crippen molar-refractivity contribution in [1.82, 2.24) is 29.9 Å². The minimum Gasteiger partial charge on any atom is -0.378 e. The number of nitrogens with zero attached hydrogens (tertiary/aromatic N) is 7. The molecule has 2 fully saturated rings. The standard InChI is InChI=1S/C27H31ClN8O/c1-14-5-8-20-22(15(2)31-32-20)21(14)25-29-19-9-10-35(27-23(28)24(16-6-7-16)33-34(27)3)13-18(19)26(30-25)36-11-17(12-36)37-4/h5,8,16-17H,6-7,9-13H2,1-4H3,(H,31,32). The average molecular weight is 519 g/mol. The van der Waals surface area contributed by atoms with E-state index >= 15 is 0 Å². The zero-order valence-corrected chi connectivity index (χ0v) is 22.4. The molecule has 1 aromatic carbocycles. The number of anilines is 2. The molecule has 0 bridgehead atoms. The smallest absolute Gasteiger partial charge is 0.162 e. The number of ether oxygens (including phenoxy) is 1. The van der Waals surface area contributed by atoms with Gasteiger partial charge >= 0.3 is 0 Å². The van der Waals surface area contributed by atoms with Crippen LogP contribution < -0.4 is 9.80 Å². The third-order valence-electron chi connectivity index (χ3n) is 8.10. The molecule has 37 heavy (non-hydrogen) atoms. The number of hydrogen-bond donors (Lipinski definition) is 1. The largest absolute Gasteiger partial charge is 0.378 e. The summed E-state index contributed by atoms with van der Waals surface area (Å²) in [6.45, 7) is 7.37. The van der Waals surface area contributed by atoms with Crippen molar-refractivity contribution in [3.63, 3.8) is 0 Å². The summed E-state index contributed by atoms with van der Waals surface area (Å²) >= 11 is 6.89. The van der Waals surface area contributed by atoms with E-state index in [0.29, 0.717) is 12.5 Å². The van der Waals surface area contributed by atoms with Crippen LogP contribution in [0.3, 0.4) is 0 Å². The molecular formula is C27H31ClN8O. The Bertz CT molecular complexity index is 1530. The van der Waals surface area contributed by atoms with Gasteiger partial charge in [-0.1, -0.05) is 17.7 Å². The summed E-state index contributed by atoms with van der Waals surface area (Å²) in [5.74, 6) is 3.27. The number of benzene rings is 1. The maximum Gasteiger partial charge on any atom is 0.162 e. The predicted molar refractivity (Wildman–Crippen MR) is 145 cm³/mol. The third kappa shape index (κ3) is 3.62. The fourth-order valence-electron chi connectivity index (χ4n) is 5.84. The Hall–Kier alpha value is -3.17. The van der Waals surface area contributed by atoms with E-state index in [1.54, 1.807) is 7.11 Å². The molecule has 3 aromatic heterocycles. The zero-order valence-electron chi connectivity index (χ0n) is 21.7. The first-order valence-electron chi connectivity index (χ1n) is 13.0. The number of methoxy groups -OCH3 is 1. The lowest BCUT2D eigenvalue weighted by Crippen LogP contribution is -2.53. The number of hydrogen-bond acceptors (Lipinski definition) is 7. The molecule has 0 atom stereocenters. The van der Waals surface area contributed by atoms with Crippen molar-refractivity contribution >= 4 is 34.1 Å². The monoisotopic (exact) mass is 518 g/mol. The lowest BCUT2D eigenvalue weighted by atomic mass is 9.99. The quantitative estimate of drug-likeness (QED) is 0.421. The first-order chi connectivity index (χ1) is 17.9. The van der Waals surface area contributed by atoms with Crippen LogP contribution in [0.15, 0.2) is 12.1 Å². The summed E-state index contributed by atoms with van der Waals surface area (Å²) in [6, 6.07) is 4.16. The van der Waals surface area contributed by atoms with Crippen LogP contribution in [0.1, 0.15) is 47.0 Å². The fraction of sp³-hybridized carbons (Fsp3) is 0.481. The van der Waals surface area contributed by atoms with Gasteiger partial charge in [-0.3, -0.25) is 9.78 Å². The van der Waals surface area contributed by atoms with Crippen LogP contribution in [0.2, 0.25) is 5.02 Å². The molecule has 3 aliphatic rings. The molecule has 192 valence electrons. The first kappa shape index (κ1) is 23.0. The van der Waals surface area contributed by atoms with Crippen molar-refractivity contribution in [2.24, 2.45) is 7.05 Å². The highest BCUT2D eigenvalue weighted by Crippen LogP contribution is 2.46. The number of H-pyrrole nitrogens is 1. The Morgan fingerprint density at radius 3 is 2.68 bits per heavy atom. The second kappa shape index (κ2) is 8.43. The molecule has 10 heteroatoms. The van der Waals surface area contributed by atoms with Gasteiger partial charge in [-0.05, 0) is 38.3 Å². The second-order valence-electron chi connectivity index (χ2n) is 10.7. The van der Waals surface area contributed by atoms with E-state index in [0.717, 1.165) is 87.6 Å². The van der Waals surface area contributed by atoms with Crippen molar-refractivity contribution in [3.05, 3.63) is 45.4 Å². The number of fused-ring (bicyclic) bond motifs is 2. The predicted octanol–water partition coefficient (Wildman–Crippen LogP) is 4.30. The fourth-order valence-corrected chi connectivity index (χ4v) is 6.27. The summed E-state index contributed by atoms with van der Waals surface area (Å²) in [6.07, 6.45) is 3.40. The Kier molecular flexibility index (Phi) is 5.23. The van der Waals surface area contributed by atoms with Crippen molar-refractivity contribution in [2.45, 2.75) is 51.7 Å². The molecule has 2 aliphatic heterocycles. The third-order valence-corrected chi connectivity index (χ3v) is 8.47. The number of aryl methyl sites for hydroxylation is 3. The van der Waals surface area contributed by atoms with Gasteiger partial charge in [0.05, 0.1) is 23.0 Å². The summed E-state index contributed by atoms with van der Waals surface area (Å²) in [5.41, 5.74) is 7.49. The van der Waals surface area contributed by atoms with Crippen LogP contribution in [-0.2, 0) is 24.8 Å². The Balaban J connectivity index is 1.34. The van der Waals surface area contributed by atoms with Gasteiger partial charge in [0.15, 0.2) is 5.82 Å². The van der Waals surface area contributed by atoms with Crippen LogP contribution >= 0.6 is 11.6 Å². The number of aromatic nitrogens is 6. The number of nitrogens with one attached hydrogen (secondary N) is 1. The maximum absolute atomic E-state index is 6.89. The molecule has 1 N–H and O–H groups in total. The van der Waals surface area contributed by atoms with E-state index < -0.39 is 0 Å². The summed E-state index contributed by atoms with van der Waals surface area (Å²) in [7, 11) is 3.77. The summed E-state index contributed by atoms with van der Waals surface area (Å²) < 4.78 is 7.55. The average Bonchev–Trinajstić information content (AvgIpc) is 3.57. The van der Waals surface area contributed by atoms with Crippen molar-refractivity contribution in [1.29, 1.82) is 0 Å². The number of aromatic amines is 1. The minimum atomic E-state index is 0.225. The molecule has 1 saturated heterocycles. The zero-order chi connectivity index (χ0) is 25.4. The molecular weight excluding hydrogens is 488 g/mol. The van der Waals surface area contributed by atoms with Crippen LogP contribution in [0.4, 0.5) is 11.6 Å². The molecule has 7 rings (SSSR count). The van der Waals surface area contributed by atoms with Crippen molar-refractivity contribution < 1.29 is 4.74 Å². The second-order valence-corrected chi connectivity index (χ2v) is 11.0. The van der Waals surface area contributed by atoms with E-state index in [4.69, 9.17) is 31.4 Å².